The lowest BCUT2D eigenvalue weighted by Gasteiger charge is -2.38. The highest BCUT2D eigenvalue weighted by atomic mass is 16.5. The van der Waals surface area contributed by atoms with Crippen LogP contribution in [0.2, 0.25) is 0 Å². The largest absolute Gasteiger partial charge is 0.376 e. The van der Waals surface area contributed by atoms with Crippen molar-refractivity contribution >= 4 is 0 Å². The number of ether oxygens (including phenoxy) is 1. The highest BCUT2D eigenvalue weighted by Gasteiger charge is 2.35. The van der Waals surface area contributed by atoms with Gasteiger partial charge in [0.25, 0.3) is 0 Å². The first-order valence-electron chi connectivity index (χ1n) is 6.42. The Bertz CT molecular complexity index is 319. The molecule has 0 fully saturated rings. The van der Waals surface area contributed by atoms with Crippen LogP contribution in [0.25, 0.3) is 0 Å². The number of methoxy groups -OCH3 is 1. The van der Waals surface area contributed by atoms with Crippen LogP contribution in [0.4, 0.5) is 0 Å². The van der Waals surface area contributed by atoms with E-state index >= 15 is 0 Å². The van der Waals surface area contributed by atoms with Crippen molar-refractivity contribution in [2.45, 2.75) is 45.3 Å². The third kappa shape index (κ3) is 2.88. The number of benzene rings is 1. The summed E-state index contributed by atoms with van der Waals surface area (Å²) in [5.74, 6) is 0. The van der Waals surface area contributed by atoms with Crippen LogP contribution in [0.3, 0.4) is 0 Å². The first kappa shape index (κ1) is 14.2. The minimum atomic E-state index is -0.121. The third-order valence-electron chi connectivity index (χ3n) is 3.83. The molecule has 0 aliphatic carbocycles. The van der Waals surface area contributed by atoms with Crippen molar-refractivity contribution in [1.29, 1.82) is 0 Å². The third-order valence-corrected chi connectivity index (χ3v) is 3.83. The van der Waals surface area contributed by atoms with E-state index in [-0.39, 0.29) is 11.6 Å². The average Bonchev–Trinajstić information content (AvgIpc) is 2.38. The lowest BCUT2D eigenvalue weighted by atomic mass is 9.83. The summed E-state index contributed by atoms with van der Waals surface area (Å²) in [5, 5.41) is 3.41. The van der Waals surface area contributed by atoms with E-state index in [0.29, 0.717) is 0 Å². The van der Waals surface area contributed by atoms with E-state index in [0.717, 1.165) is 12.8 Å². The van der Waals surface area contributed by atoms with Crippen molar-refractivity contribution in [2.24, 2.45) is 0 Å². The summed E-state index contributed by atoms with van der Waals surface area (Å²) in [4.78, 5) is 0. The molecule has 0 aromatic heterocycles. The average molecular weight is 235 g/mol. The van der Waals surface area contributed by atoms with Crippen LogP contribution in [-0.2, 0) is 4.74 Å². The Kier molecular flexibility index (Phi) is 5.16. The van der Waals surface area contributed by atoms with Gasteiger partial charge in [-0.15, -0.1) is 0 Å². The quantitative estimate of drug-likeness (QED) is 0.815. The van der Waals surface area contributed by atoms with Crippen LogP contribution >= 0.6 is 0 Å². The van der Waals surface area contributed by atoms with Gasteiger partial charge in [-0.05, 0) is 32.4 Å². The molecule has 1 aromatic carbocycles. The van der Waals surface area contributed by atoms with Crippen LogP contribution in [-0.4, -0.2) is 19.8 Å². The van der Waals surface area contributed by atoms with Crippen LogP contribution in [0, 0.1) is 6.92 Å². The second-order valence-electron chi connectivity index (χ2n) is 4.61. The zero-order chi connectivity index (χ0) is 12.9. The van der Waals surface area contributed by atoms with Gasteiger partial charge in [0.05, 0.1) is 11.6 Å². The summed E-state index contributed by atoms with van der Waals surface area (Å²) in [7, 11) is 3.81. The number of hydrogen-bond acceptors (Lipinski definition) is 2. The highest BCUT2D eigenvalue weighted by Crippen LogP contribution is 2.34. The first-order valence-corrected chi connectivity index (χ1v) is 6.42. The fourth-order valence-electron chi connectivity index (χ4n) is 2.56. The number of hydrogen-bond donors (Lipinski definition) is 1. The molecule has 0 heterocycles. The van der Waals surface area contributed by atoms with Crippen molar-refractivity contribution in [2.75, 3.05) is 14.2 Å². The van der Waals surface area contributed by atoms with Crippen LogP contribution in [0.5, 0.6) is 0 Å². The van der Waals surface area contributed by atoms with Gasteiger partial charge in [0.15, 0.2) is 0 Å². The molecule has 0 aliphatic rings. The van der Waals surface area contributed by atoms with Crippen LogP contribution < -0.4 is 5.32 Å². The zero-order valence-electron chi connectivity index (χ0n) is 11.7. The summed E-state index contributed by atoms with van der Waals surface area (Å²) in [5.41, 5.74) is 2.47. The zero-order valence-corrected chi connectivity index (χ0v) is 11.7. The number of likely N-dealkylation sites (N-methyl/N-ethyl adjacent to an activating group) is 1. The molecular formula is C15H25NO. The van der Waals surface area contributed by atoms with Gasteiger partial charge < -0.3 is 10.1 Å². The van der Waals surface area contributed by atoms with E-state index in [4.69, 9.17) is 4.74 Å². The summed E-state index contributed by atoms with van der Waals surface area (Å²) < 4.78 is 5.81. The summed E-state index contributed by atoms with van der Waals surface area (Å²) in [6, 6.07) is 8.94. The maximum atomic E-state index is 5.81. The molecule has 1 N–H and O–H groups in total. The van der Waals surface area contributed by atoms with Crippen LogP contribution in [0.1, 0.15) is 43.9 Å². The van der Waals surface area contributed by atoms with Crippen molar-refractivity contribution in [3.63, 3.8) is 0 Å². The number of rotatable bonds is 6. The lowest BCUT2D eigenvalue weighted by molar-refractivity contribution is -0.0467. The van der Waals surface area contributed by atoms with Crippen molar-refractivity contribution in [1.82, 2.24) is 5.32 Å². The molecule has 1 rings (SSSR count). The minimum Gasteiger partial charge on any atom is -0.376 e. The summed E-state index contributed by atoms with van der Waals surface area (Å²) in [6.45, 7) is 6.48. The molecule has 0 saturated heterocycles. The molecule has 1 unspecified atom stereocenters. The van der Waals surface area contributed by atoms with Crippen LogP contribution in [0.15, 0.2) is 24.3 Å². The Morgan fingerprint density at radius 1 is 1.18 bits per heavy atom. The Morgan fingerprint density at radius 3 is 2.06 bits per heavy atom. The van der Waals surface area contributed by atoms with Gasteiger partial charge in [0.1, 0.15) is 0 Å². The smallest absolute Gasteiger partial charge is 0.0867 e. The molecule has 0 bridgehead atoms. The second-order valence-corrected chi connectivity index (χ2v) is 4.61. The van der Waals surface area contributed by atoms with E-state index in [1.165, 1.54) is 11.1 Å². The van der Waals surface area contributed by atoms with Gasteiger partial charge in [-0.25, -0.2) is 0 Å². The Balaban J connectivity index is 3.08. The fourth-order valence-corrected chi connectivity index (χ4v) is 2.56. The van der Waals surface area contributed by atoms with Crippen molar-refractivity contribution in [3.8, 4) is 0 Å². The maximum Gasteiger partial charge on any atom is 0.0867 e. The molecule has 2 heteroatoms. The van der Waals surface area contributed by atoms with Gasteiger partial charge in [0.2, 0.25) is 0 Å². The van der Waals surface area contributed by atoms with E-state index in [2.05, 4.69) is 50.4 Å². The lowest BCUT2D eigenvalue weighted by Crippen LogP contribution is -2.43. The second kappa shape index (κ2) is 6.18. The van der Waals surface area contributed by atoms with Gasteiger partial charge in [0, 0.05) is 7.11 Å². The Labute approximate surface area is 105 Å². The number of nitrogens with one attached hydrogen (secondary N) is 1. The predicted molar refractivity (Wildman–Crippen MR) is 73.3 cm³/mol. The highest BCUT2D eigenvalue weighted by molar-refractivity contribution is 5.26. The first-order chi connectivity index (χ1) is 8.13. The molecule has 2 nitrogen and oxygen atoms in total. The molecule has 0 spiro atoms. The molecule has 96 valence electrons. The van der Waals surface area contributed by atoms with Gasteiger partial charge in [-0.2, -0.15) is 0 Å². The monoisotopic (exact) mass is 235 g/mol. The van der Waals surface area contributed by atoms with Crippen molar-refractivity contribution in [3.05, 3.63) is 35.4 Å². The standard InChI is InChI=1S/C15H25NO/c1-6-15(7-2,17-5)14(16-4)13-10-8-12(3)9-11-13/h8-11,14,16H,6-7H2,1-5H3. The molecule has 1 aromatic rings. The normalized spacial score (nSPS) is 13.7. The minimum absolute atomic E-state index is 0.121. The molecule has 0 saturated carbocycles. The van der Waals surface area contributed by atoms with Gasteiger partial charge >= 0.3 is 0 Å². The maximum absolute atomic E-state index is 5.81. The molecule has 1 atom stereocenters. The fraction of sp³-hybridized carbons (Fsp3) is 0.600. The molecule has 0 aliphatic heterocycles. The predicted octanol–water partition coefficient (Wildman–Crippen LogP) is 3.46. The summed E-state index contributed by atoms with van der Waals surface area (Å²) in [6.07, 6.45) is 2.00. The van der Waals surface area contributed by atoms with E-state index in [9.17, 15) is 0 Å². The Morgan fingerprint density at radius 2 is 1.71 bits per heavy atom. The molecule has 0 amide bonds. The summed E-state index contributed by atoms with van der Waals surface area (Å²) >= 11 is 0. The Hall–Kier alpha value is -0.860. The molecular weight excluding hydrogens is 210 g/mol. The van der Waals surface area contributed by atoms with E-state index in [1.54, 1.807) is 0 Å². The SMILES string of the molecule is CCC(CC)(OC)C(NC)c1ccc(C)cc1. The number of aryl methyl sites for hydroxylation is 1. The molecule has 17 heavy (non-hydrogen) atoms. The molecule has 0 radical (unpaired) electrons. The van der Waals surface area contributed by atoms with E-state index < -0.39 is 0 Å². The van der Waals surface area contributed by atoms with Gasteiger partial charge in [-0.3, -0.25) is 0 Å². The van der Waals surface area contributed by atoms with E-state index in [1.807, 2.05) is 14.2 Å². The topological polar surface area (TPSA) is 21.3 Å². The van der Waals surface area contributed by atoms with Crippen molar-refractivity contribution < 1.29 is 4.74 Å². The van der Waals surface area contributed by atoms with Gasteiger partial charge in [-0.1, -0.05) is 43.7 Å².